The maximum Gasteiger partial charge on any atom is 0.341 e. The average molecular weight is 536 g/mol. The molecule has 2 aliphatic rings. The zero-order valence-electron chi connectivity index (χ0n) is 20.7. The van der Waals surface area contributed by atoms with Gasteiger partial charge in [0.2, 0.25) is 5.43 Å². The van der Waals surface area contributed by atoms with Crippen LogP contribution in [0.15, 0.2) is 53.6 Å². The van der Waals surface area contributed by atoms with Gasteiger partial charge in [-0.15, -0.1) is 0 Å². The number of carbonyl (C=O) groups is 1. The number of carboxylic acid groups (broad SMARTS) is 1. The number of nitrogens with one attached hydrogen (secondary N) is 1. The third kappa shape index (κ3) is 4.68. The number of aromatic nitrogens is 2. The Bertz CT molecular complexity index is 1610. The van der Waals surface area contributed by atoms with E-state index in [0.29, 0.717) is 29.3 Å². The second kappa shape index (κ2) is 9.89. The van der Waals surface area contributed by atoms with Crippen LogP contribution in [0.25, 0.3) is 21.8 Å². The second-order valence-electron chi connectivity index (χ2n) is 9.91. The Balaban J connectivity index is 1.14. The fourth-order valence-electron chi connectivity index (χ4n) is 5.24. The van der Waals surface area contributed by atoms with Gasteiger partial charge in [0.05, 0.1) is 16.7 Å². The maximum atomic E-state index is 15.2. The third-order valence-corrected chi connectivity index (χ3v) is 7.67. The van der Waals surface area contributed by atoms with Crippen molar-refractivity contribution in [1.82, 2.24) is 14.5 Å². The Kier molecular flexibility index (Phi) is 6.41. The first-order chi connectivity index (χ1) is 18.4. The van der Waals surface area contributed by atoms with Crippen molar-refractivity contribution in [2.45, 2.75) is 18.9 Å². The number of nitrogens with zero attached hydrogens (tertiary/aromatic N) is 4. The molecule has 0 amide bonds. The zero-order chi connectivity index (χ0) is 26.4. The number of hydrogen-bond acceptors (Lipinski definition) is 6. The molecule has 4 aromatic rings. The Morgan fingerprint density at radius 2 is 1.89 bits per heavy atom. The number of pyridine rings is 2. The summed E-state index contributed by atoms with van der Waals surface area (Å²) in [5.41, 5.74) is 1.95. The molecule has 8 nitrogen and oxygen atoms in total. The minimum absolute atomic E-state index is 0.119. The standard InChI is InChI=1S/C28H27ClFN5O3/c29-17-1-4-19-23(5-6-31-24(19)13-17)32-7-8-33-9-11-34(12-10-33)26-15-25-20(14-22(26)30)27(36)21(28(37)38)16-35(25)18-2-3-18/h1,4-6,13-16,18H,2-3,7-12H2,(H,31,32)(H,37,38). The summed E-state index contributed by atoms with van der Waals surface area (Å²) in [6.45, 7) is 4.45. The largest absolute Gasteiger partial charge is 0.477 e. The molecule has 1 aliphatic carbocycles. The molecule has 10 heteroatoms. The highest BCUT2D eigenvalue weighted by Gasteiger charge is 2.28. The van der Waals surface area contributed by atoms with E-state index in [1.807, 2.05) is 33.7 Å². The Morgan fingerprint density at radius 3 is 2.63 bits per heavy atom. The first kappa shape index (κ1) is 24.6. The molecule has 1 saturated heterocycles. The molecule has 196 valence electrons. The summed E-state index contributed by atoms with van der Waals surface area (Å²) in [5.74, 6) is -1.79. The fourth-order valence-corrected chi connectivity index (χ4v) is 5.41. The highest BCUT2D eigenvalue weighted by molar-refractivity contribution is 6.31. The van der Waals surface area contributed by atoms with Crippen LogP contribution in [-0.2, 0) is 0 Å². The van der Waals surface area contributed by atoms with Crippen LogP contribution in [0.3, 0.4) is 0 Å². The summed E-state index contributed by atoms with van der Waals surface area (Å²) in [6, 6.07) is 10.7. The number of hydrogen-bond donors (Lipinski definition) is 2. The monoisotopic (exact) mass is 535 g/mol. The predicted molar refractivity (Wildman–Crippen MR) is 147 cm³/mol. The van der Waals surface area contributed by atoms with E-state index in [4.69, 9.17) is 11.6 Å². The lowest BCUT2D eigenvalue weighted by Gasteiger charge is -2.36. The van der Waals surface area contributed by atoms with Gasteiger partial charge in [-0.1, -0.05) is 11.6 Å². The van der Waals surface area contributed by atoms with Crippen molar-refractivity contribution in [3.05, 3.63) is 75.4 Å². The molecule has 0 radical (unpaired) electrons. The summed E-state index contributed by atoms with van der Waals surface area (Å²) in [6.07, 6.45) is 5.01. The molecular formula is C28H27ClFN5O3. The van der Waals surface area contributed by atoms with E-state index in [-0.39, 0.29) is 17.0 Å². The average Bonchev–Trinajstić information content (AvgIpc) is 3.75. The van der Waals surface area contributed by atoms with Crippen LogP contribution >= 0.6 is 11.6 Å². The Hall–Kier alpha value is -3.69. The summed E-state index contributed by atoms with van der Waals surface area (Å²) in [5, 5.41) is 14.7. The molecule has 0 atom stereocenters. The van der Waals surface area contributed by atoms with Crippen LogP contribution in [0.4, 0.5) is 15.8 Å². The van der Waals surface area contributed by atoms with Gasteiger partial charge >= 0.3 is 5.97 Å². The summed E-state index contributed by atoms with van der Waals surface area (Å²) >= 11 is 6.09. The van der Waals surface area contributed by atoms with Gasteiger partial charge < -0.3 is 19.9 Å². The first-order valence-electron chi connectivity index (χ1n) is 12.8. The number of carboxylic acids is 1. The molecular weight excluding hydrogens is 509 g/mol. The molecule has 0 unspecified atom stereocenters. The van der Waals surface area contributed by atoms with Crippen molar-refractivity contribution in [3.63, 3.8) is 0 Å². The van der Waals surface area contributed by atoms with Gasteiger partial charge in [-0.2, -0.15) is 0 Å². The number of benzene rings is 2. The number of piperazine rings is 1. The molecule has 1 aliphatic heterocycles. The number of fused-ring (bicyclic) bond motifs is 2. The summed E-state index contributed by atoms with van der Waals surface area (Å²) in [7, 11) is 0. The molecule has 3 heterocycles. The quantitative estimate of drug-likeness (QED) is 0.357. The molecule has 0 spiro atoms. The van der Waals surface area contributed by atoms with Gasteiger partial charge in [0.15, 0.2) is 0 Å². The third-order valence-electron chi connectivity index (χ3n) is 7.43. The van der Waals surface area contributed by atoms with E-state index in [1.54, 1.807) is 12.3 Å². The van der Waals surface area contributed by atoms with Crippen LogP contribution in [0, 0.1) is 5.82 Å². The van der Waals surface area contributed by atoms with E-state index in [9.17, 15) is 14.7 Å². The number of anilines is 2. The Labute approximate surface area is 223 Å². The highest BCUT2D eigenvalue weighted by Crippen LogP contribution is 2.38. The highest BCUT2D eigenvalue weighted by atomic mass is 35.5. The van der Waals surface area contributed by atoms with E-state index in [2.05, 4.69) is 15.2 Å². The van der Waals surface area contributed by atoms with Crippen molar-refractivity contribution >= 4 is 50.8 Å². The fraction of sp³-hybridized carbons (Fsp3) is 0.321. The minimum atomic E-state index is -1.29. The van der Waals surface area contributed by atoms with Crippen molar-refractivity contribution < 1.29 is 14.3 Å². The lowest BCUT2D eigenvalue weighted by molar-refractivity contribution is 0.0695. The van der Waals surface area contributed by atoms with Crippen LogP contribution in [0.2, 0.25) is 5.02 Å². The van der Waals surface area contributed by atoms with Crippen LogP contribution < -0.4 is 15.6 Å². The number of aromatic carboxylic acids is 1. The second-order valence-corrected chi connectivity index (χ2v) is 10.3. The minimum Gasteiger partial charge on any atom is -0.477 e. The lowest BCUT2D eigenvalue weighted by Crippen LogP contribution is -2.48. The summed E-state index contributed by atoms with van der Waals surface area (Å²) in [4.78, 5) is 33.0. The van der Waals surface area contributed by atoms with Gasteiger partial charge in [-0.3, -0.25) is 14.7 Å². The van der Waals surface area contributed by atoms with Gasteiger partial charge in [-0.25, -0.2) is 9.18 Å². The SMILES string of the molecule is O=C(O)c1cn(C2CC2)c2cc(N3CCN(CCNc4ccnc5cc(Cl)ccc45)CC3)c(F)cc2c1=O. The normalized spacial score (nSPS) is 16.3. The molecule has 1 saturated carbocycles. The topological polar surface area (TPSA) is 90.7 Å². The van der Waals surface area contributed by atoms with Crippen molar-refractivity contribution in [1.29, 1.82) is 0 Å². The van der Waals surface area contributed by atoms with Gasteiger partial charge in [-0.05, 0) is 49.2 Å². The molecule has 2 fully saturated rings. The van der Waals surface area contributed by atoms with Crippen molar-refractivity contribution in [2.75, 3.05) is 49.5 Å². The van der Waals surface area contributed by atoms with E-state index in [1.165, 1.54) is 12.3 Å². The molecule has 38 heavy (non-hydrogen) atoms. The van der Waals surface area contributed by atoms with E-state index >= 15 is 4.39 Å². The van der Waals surface area contributed by atoms with Crippen LogP contribution in [-0.4, -0.2) is 64.8 Å². The molecule has 2 aromatic heterocycles. The van der Waals surface area contributed by atoms with Gasteiger partial charge in [0, 0.05) is 79.2 Å². The smallest absolute Gasteiger partial charge is 0.341 e. The van der Waals surface area contributed by atoms with Gasteiger partial charge in [0.1, 0.15) is 11.4 Å². The maximum absolute atomic E-state index is 15.2. The van der Waals surface area contributed by atoms with Crippen LogP contribution in [0.5, 0.6) is 0 Å². The number of halogens is 2. The first-order valence-corrected chi connectivity index (χ1v) is 13.1. The van der Waals surface area contributed by atoms with Gasteiger partial charge in [0.25, 0.3) is 0 Å². The van der Waals surface area contributed by atoms with E-state index < -0.39 is 17.2 Å². The van der Waals surface area contributed by atoms with Crippen LogP contribution in [0.1, 0.15) is 29.2 Å². The number of rotatable bonds is 7. The lowest BCUT2D eigenvalue weighted by atomic mass is 10.1. The summed E-state index contributed by atoms with van der Waals surface area (Å²) < 4.78 is 17.1. The molecule has 2 aromatic carbocycles. The van der Waals surface area contributed by atoms with Crippen molar-refractivity contribution in [2.24, 2.45) is 0 Å². The van der Waals surface area contributed by atoms with Crippen molar-refractivity contribution in [3.8, 4) is 0 Å². The molecule has 2 N–H and O–H groups in total. The molecule has 6 rings (SSSR count). The zero-order valence-corrected chi connectivity index (χ0v) is 21.4. The Morgan fingerprint density at radius 1 is 1.11 bits per heavy atom. The van der Waals surface area contributed by atoms with E-state index in [0.717, 1.165) is 55.6 Å². The predicted octanol–water partition coefficient (Wildman–Crippen LogP) is 4.61. The molecule has 0 bridgehead atoms.